The average molecular weight is 474 g/mol. The number of nitrogens with zero attached hydrogens (tertiary/aromatic N) is 2. The maximum atomic E-state index is 12.5. The summed E-state index contributed by atoms with van der Waals surface area (Å²) in [6.45, 7) is 7.00. The van der Waals surface area contributed by atoms with Crippen molar-refractivity contribution in [2.45, 2.75) is 33.3 Å². The number of alkyl halides is 1. The van der Waals surface area contributed by atoms with Crippen LogP contribution in [0.25, 0.3) is 11.5 Å². The molecule has 0 unspecified atom stereocenters. The van der Waals surface area contributed by atoms with Gasteiger partial charge in [-0.05, 0) is 0 Å². The van der Waals surface area contributed by atoms with Crippen molar-refractivity contribution < 1.29 is 23.6 Å². The molecule has 10 heteroatoms. The van der Waals surface area contributed by atoms with E-state index in [4.69, 9.17) is 14.0 Å². The summed E-state index contributed by atoms with van der Waals surface area (Å²) in [6.07, 6.45) is -0.616. The number of hydrogen-bond donors (Lipinski definition) is 2. The Morgan fingerprint density at radius 3 is 2.81 bits per heavy atom. The van der Waals surface area contributed by atoms with E-state index in [-0.39, 0.29) is 8.53 Å². The zero-order valence-corrected chi connectivity index (χ0v) is 16.9. The molecule has 1 aromatic carbocycles. The molecule has 2 N–H and O–H groups in total. The molecule has 2 aromatic rings. The van der Waals surface area contributed by atoms with Crippen molar-refractivity contribution in [2.75, 3.05) is 9.93 Å². The summed E-state index contributed by atoms with van der Waals surface area (Å²) in [4.78, 5) is 28.6. The molecule has 1 aliphatic rings. The van der Waals surface area contributed by atoms with Gasteiger partial charge in [-0.1, -0.05) is 0 Å². The number of amides is 2. The van der Waals surface area contributed by atoms with Crippen LogP contribution in [0.1, 0.15) is 26.6 Å². The molecular weight excluding hydrogens is 455 g/mol. The Bertz CT molecular complexity index is 845. The van der Waals surface area contributed by atoms with Gasteiger partial charge < -0.3 is 0 Å². The predicted octanol–water partition coefficient (Wildman–Crippen LogP) is 3.87. The zero-order chi connectivity index (χ0) is 18.9. The number of ether oxygens (including phenoxy) is 2. The number of fused-ring (bicyclic) bond motifs is 1. The number of anilines is 1. The number of carbonyl (C=O) groups is 2. The molecule has 3 rings (SSSR count). The van der Waals surface area contributed by atoms with Crippen LogP contribution in [0.15, 0.2) is 22.7 Å². The Kier molecular flexibility index (Phi) is 5.03. The van der Waals surface area contributed by atoms with Crippen molar-refractivity contribution >= 4 is 35.8 Å². The Morgan fingerprint density at radius 1 is 1.38 bits per heavy atom. The average Bonchev–Trinajstić information content (AvgIpc) is 2.90. The Morgan fingerprint density at radius 2 is 2.15 bits per heavy atom. The van der Waals surface area contributed by atoms with E-state index >= 15 is 0 Å². The SMILES string of the molecule is Cc1noc(-c2ccc3c(c2)NC(=O)I(NC(=O)OC(C)(C)C)CO3)n1. The second-order valence-corrected chi connectivity index (χ2v) is 10.7. The summed E-state index contributed by atoms with van der Waals surface area (Å²) >= 11 is -2.63. The van der Waals surface area contributed by atoms with Crippen LogP contribution in [0, 0.1) is 6.92 Å². The van der Waals surface area contributed by atoms with Crippen molar-refractivity contribution in [3.8, 4) is 17.2 Å². The molecular formula is C16H19IN4O5. The molecule has 0 radical (unpaired) electrons. The summed E-state index contributed by atoms with van der Waals surface area (Å²) in [5, 5.41) is 6.56. The number of aromatic nitrogens is 2. The fraction of sp³-hybridized carbons (Fsp3) is 0.375. The van der Waals surface area contributed by atoms with Crippen molar-refractivity contribution in [1.82, 2.24) is 13.7 Å². The predicted molar refractivity (Wildman–Crippen MR) is 102 cm³/mol. The molecule has 0 spiro atoms. The van der Waals surface area contributed by atoms with Gasteiger partial charge in [0, 0.05) is 0 Å². The first-order valence-electron chi connectivity index (χ1n) is 7.75. The monoisotopic (exact) mass is 474 g/mol. The van der Waals surface area contributed by atoms with E-state index in [0.29, 0.717) is 28.7 Å². The van der Waals surface area contributed by atoms with Gasteiger partial charge in [0.2, 0.25) is 0 Å². The minimum absolute atomic E-state index is 0.140. The number of carbonyl (C=O) groups excluding carboxylic acids is 2. The molecule has 0 saturated carbocycles. The normalized spacial score (nSPS) is 15.4. The van der Waals surface area contributed by atoms with E-state index in [2.05, 4.69) is 19.0 Å². The summed E-state index contributed by atoms with van der Waals surface area (Å²) in [7, 11) is 0. The molecule has 26 heavy (non-hydrogen) atoms. The third-order valence-corrected chi connectivity index (χ3v) is 6.58. The van der Waals surface area contributed by atoms with Crippen molar-refractivity contribution in [3.05, 3.63) is 24.0 Å². The molecule has 0 bridgehead atoms. The minimum atomic E-state index is -2.63. The van der Waals surface area contributed by atoms with Gasteiger partial charge in [0.1, 0.15) is 0 Å². The van der Waals surface area contributed by atoms with Gasteiger partial charge in [-0.3, -0.25) is 0 Å². The van der Waals surface area contributed by atoms with Gasteiger partial charge in [-0.25, -0.2) is 0 Å². The van der Waals surface area contributed by atoms with Gasteiger partial charge in [-0.2, -0.15) is 0 Å². The summed E-state index contributed by atoms with van der Waals surface area (Å²) in [5.74, 6) is 1.39. The van der Waals surface area contributed by atoms with Gasteiger partial charge in [-0.15, -0.1) is 0 Å². The van der Waals surface area contributed by atoms with Crippen LogP contribution in [-0.4, -0.2) is 30.4 Å². The fourth-order valence-corrected chi connectivity index (χ4v) is 4.68. The fourth-order valence-electron chi connectivity index (χ4n) is 2.09. The van der Waals surface area contributed by atoms with Crippen molar-refractivity contribution in [1.29, 1.82) is 0 Å². The first-order valence-corrected chi connectivity index (χ1v) is 11.4. The van der Waals surface area contributed by atoms with Gasteiger partial charge >= 0.3 is 157 Å². The molecule has 140 valence electrons. The Hall–Kier alpha value is -2.37. The number of aryl methyl sites for hydroxylation is 1. The van der Waals surface area contributed by atoms with Gasteiger partial charge in [0.05, 0.1) is 0 Å². The summed E-state index contributed by atoms with van der Waals surface area (Å²) in [5.41, 5.74) is 0.522. The standard InChI is InChI=1S/C16H19IN4O5/c1-9-18-13(26-21-9)10-5-6-12-11(7-10)19-14(22)17(8-24-12)20-15(23)25-16(2,3)4/h5-7H,8H2,1-4H3,(H,19,22)(H,20,23). The molecule has 2 amide bonds. The molecule has 9 nitrogen and oxygen atoms in total. The van der Waals surface area contributed by atoms with E-state index in [9.17, 15) is 9.59 Å². The zero-order valence-electron chi connectivity index (χ0n) is 14.8. The van der Waals surface area contributed by atoms with Gasteiger partial charge in [0.25, 0.3) is 0 Å². The van der Waals surface area contributed by atoms with E-state index < -0.39 is 31.8 Å². The number of benzene rings is 1. The topological polar surface area (TPSA) is 116 Å². The van der Waals surface area contributed by atoms with Crippen molar-refractivity contribution in [3.63, 3.8) is 0 Å². The van der Waals surface area contributed by atoms with Crippen LogP contribution in [-0.2, 0) is 4.74 Å². The van der Waals surface area contributed by atoms with E-state index in [1.807, 2.05) is 0 Å². The molecule has 1 aliphatic heterocycles. The van der Waals surface area contributed by atoms with E-state index in [1.54, 1.807) is 45.9 Å². The molecule has 0 fully saturated rings. The molecule has 1 aromatic heterocycles. The molecule has 2 heterocycles. The van der Waals surface area contributed by atoms with Crippen LogP contribution in [0.2, 0.25) is 0 Å². The number of nitrogens with one attached hydrogen (secondary N) is 2. The molecule has 0 aliphatic carbocycles. The number of hydrogen-bond acceptors (Lipinski definition) is 7. The van der Waals surface area contributed by atoms with E-state index in [1.165, 1.54) is 0 Å². The first kappa shape index (κ1) is 18.4. The van der Waals surface area contributed by atoms with Crippen LogP contribution in [0.4, 0.5) is 15.3 Å². The third kappa shape index (κ3) is 4.42. The molecule has 0 atom stereocenters. The second kappa shape index (κ2) is 7.09. The van der Waals surface area contributed by atoms with Crippen molar-refractivity contribution in [2.24, 2.45) is 0 Å². The van der Waals surface area contributed by atoms with E-state index in [0.717, 1.165) is 0 Å². The number of rotatable bonds is 2. The van der Waals surface area contributed by atoms with Crippen LogP contribution >= 0.6 is 20.1 Å². The second-order valence-electron chi connectivity index (χ2n) is 6.47. The van der Waals surface area contributed by atoms with Crippen LogP contribution in [0.3, 0.4) is 0 Å². The Balaban J connectivity index is 1.74. The van der Waals surface area contributed by atoms with Gasteiger partial charge in [0.15, 0.2) is 0 Å². The van der Waals surface area contributed by atoms with Crippen LogP contribution < -0.4 is 13.6 Å². The Labute approximate surface area is 157 Å². The molecule has 0 saturated heterocycles. The van der Waals surface area contributed by atoms with Crippen LogP contribution in [0.5, 0.6) is 5.75 Å². The maximum absolute atomic E-state index is 12.5. The quantitative estimate of drug-likeness (QED) is 0.223. The summed E-state index contributed by atoms with van der Waals surface area (Å²) < 4.78 is 18.6. The number of halogens is 1. The third-order valence-electron chi connectivity index (χ3n) is 3.10. The summed E-state index contributed by atoms with van der Waals surface area (Å²) in [6, 6.07) is 5.19. The first-order chi connectivity index (χ1) is 12.2.